The molecule has 14 heavy (non-hydrogen) atoms. The lowest BCUT2D eigenvalue weighted by atomic mass is 10.1. The van der Waals surface area contributed by atoms with Gasteiger partial charge in [0, 0.05) is 6.61 Å². The van der Waals surface area contributed by atoms with Gasteiger partial charge in [-0.3, -0.25) is 0 Å². The van der Waals surface area contributed by atoms with E-state index < -0.39 is 11.8 Å². The first kappa shape index (κ1) is 11.3. The number of rotatable bonds is 5. The maximum atomic E-state index is 10.6. The summed E-state index contributed by atoms with van der Waals surface area (Å²) >= 11 is 0. The largest absolute Gasteiger partial charge is 0.508 e. The molecule has 1 aliphatic heterocycles. The highest BCUT2D eigenvalue weighted by molar-refractivity contribution is 5.61. The van der Waals surface area contributed by atoms with Crippen molar-refractivity contribution in [2.45, 2.75) is 32.0 Å². The van der Waals surface area contributed by atoms with Crippen molar-refractivity contribution in [1.82, 2.24) is 0 Å². The minimum Gasteiger partial charge on any atom is -0.430 e. The van der Waals surface area contributed by atoms with E-state index in [9.17, 15) is 4.79 Å². The van der Waals surface area contributed by atoms with Crippen molar-refractivity contribution in [2.24, 2.45) is 0 Å². The number of carbonyl (C=O) groups excluding carboxylic acids is 1. The minimum absolute atomic E-state index is 0.0773. The molecule has 1 N–H and O–H groups in total. The van der Waals surface area contributed by atoms with Gasteiger partial charge in [-0.05, 0) is 20.3 Å². The van der Waals surface area contributed by atoms with Gasteiger partial charge in [0.05, 0.1) is 12.2 Å². The van der Waals surface area contributed by atoms with Crippen LogP contribution in [0.2, 0.25) is 0 Å². The number of cyclic esters (lactones) is 2. The van der Waals surface area contributed by atoms with Crippen LogP contribution in [-0.2, 0) is 14.2 Å². The molecular formula is C9H16O5. The fraction of sp³-hybridized carbons (Fsp3) is 0.889. The van der Waals surface area contributed by atoms with E-state index in [1.807, 2.05) is 13.8 Å². The molecule has 0 amide bonds. The molecule has 0 aromatic rings. The molecule has 0 spiro atoms. The van der Waals surface area contributed by atoms with E-state index in [1.54, 1.807) is 0 Å². The van der Waals surface area contributed by atoms with Crippen LogP contribution in [0.1, 0.15) is 20.3 Å². The molecule has 1 heterocycles. The van der Waals surface area contributed by atoms with Crippen molar-refractivity contribution in [3.8, 4) is 0 Å². The molecular weight excluding hydrogens is 188 g/mol. The van der Waals surface area contributed by atoms with Gasteiger partial charge in [-0.15, -0.1) is 0 Å². The lowest BCUT2D eigenvalue weighted by molar-refractivity contribution is -0.0629. The Balaban J connectivity index is 2.22. The summed E-state index contributed by atoms with van der Waals surface area (Å²) in [5.41, 5.74) is -0.399. The van der Waals surface area contributed by atoms with E-state index in [0.717, 1.165) is 0 Å². The molecule has 1 saturated heterocycles. The van der Waals surface area contributed by atoms with Crippen LogP contribution in [0, 0.1) is 0 Å². The van der Waals surface area contributed by atoms with Gasteiger partial charge in [0.2, 0.25) is 0 Å². The van der Waals surface area contributed by atoms with Crippen molar-refractivity contribution >= 4 is 6.16 Å². The molecule has 1 aliphatic rings. The van der Waals surface area contributed by atoms with Crippen LogP contribution in [0.3, 0.4) is 0 Å². The van der Waals surface area contributed by atoms with Crippen LogP contribution in [0.5, 0.6) is 0 Å². The Hall–Kier alpha value is -0.810. The standard InChI is InChI=1S/C9H16O5/c1-9(2,3-4-10)13-6-7-5-12-8(11)14-7/h7,10H,3-6H2,1-2H3. The van der Waals surface area contributed by atoms with Crippen LogP contribution in [0.15, 0.2) is 0 Å². The third kappa shape index (κ3) is 3.51. The summed E-state index contributed by atoms with van der Waals surface area (Å²) in [5, 5.41) is 8.75. The van der Waals surface area contributed by atoms with Crippen molar-refractivity contribution in [2.75, 3.05) is 19.8 Å². The van der Waals surface area contributed by atoms with Crippen molar-refractivity contribution < 1.29 is 24.1 Å². The molecule has 0 aromatic carbocycles. The van der Waals surface area contributed by atoms with Gasteiger partial charge in [-0.1, -0.05) is 0 Å². The smallest absolute Gasteiger partial charge is 0.430 e. The average molecular weight is 204 g/mol. The summed E-state index contributed by atoms with van der Waals surface area (Å²) in [6.45, 7) is 4.38. The van der Waals surface area contributed by atoms with Gasteiger partial charge in [0.25, 0.3) is 0 Å². The Labute approximate surface area is 82.9 Å². The monoisotopic (exact) mass is 204 g/mol. The van der Waals surface area contributed by atoms with E-state index in [0.29, 0.717) is 13.0 Å². The van der Waals surface area contributed by atoms with Gasteiger partial charge >= 0.3 is 6.16 Å². The zero-order chi connectivity index (χ0) is 10.6. The summed E-state index contributed by atoms with van der Waals surface area (Å²) in [4.78, 5) is 10.6. The van der Waals surface area contributed by atoms with Gasteiger partial charge in [-0.25, -0.2) is 4.79 Å². The van der Waals surface area contributed by atoms with Crippen LogP contribution in [0.4, 0.5) is 4.79 Å². The summed E-state index contributed by atoms with van der Waals surface area (Å²) in [6, 6.07) is 0. The molecule has 5 heteroatoms. The fourth-order valence-corrected chi connectivity index (χ4v) is 1.11. The van der Waals surface area contributed by atoms with E-state index in [1.165, 1.54) is 0 Å². The second-order valence-electron chi connectivity index (χ2n) is 3.85. The minimum atomic E-state index is -0.640. The molecule has 0 bridgehead atoms. The molecule has 0 saturated carbocycles. The molecule has 0 radical (unpaired) electrons. The Bertz CT molecular complexity index is 201. The van der Waals surface area contributed by atoms with Crippen molar-refractivity contribution in [3.63, 3.8) is 0 Å². The molecule has 1 unspecified atom stereocenters. The van der Waals surface area contributed by atoms with Crippen molar-refractivity contribution in [1.29, 1.82) is 0 Å². The fourth-order valence-electron chi connectivity index (χ4n) is 1.11. The molecule has 1 fully saturated rings. The number of aliphatic hydroxyl groups excluding tert-OH is 1. The third-order valence-corrected chi connectivity index (χ3v) is 2.02. The zero-order valence-corrected chi connectivity index (χ0v) is 8.49. The Morgan fingerprint density at radius 1 is 1.64 bits per heavy atom. The maximum Gasteiger partial charge on any atom is 0.508 e. The second-order valence-corrected chi connectivity index (χ2v) is 3.85. The molecule has 82 valence electrons. The van der Waals surface area contributed by atoms with Crippen LogP contribution >= 0.6 is 0 Å². The SMILES string of the molecule is CC(C)(CCO)OCC1COC(=O)O1. The van der Waals surface area contributed by atoms with Crippen LogP contribution in [-0.4, -0.2) is 42.8 Å². The zero-order valence-electron chi connectivity index (χ0n) is 8.49. The molecule has 1 rings (SSSR count). The van der Waals surface area contributed by atoms with Crippen LogP contribution < -0.4 is 0 Å². The summed E-state index contributed by atoms with van der Waals surface area (Å²) in [7, 11) is 0. The maximum absolute atomic E-state index is 10.6. The lowest BCUT2D eigenvalue weighted by Crippen LogP contribution is -2.31. The molecule has 0 aliphatic carbocycles. The van der Waals surface area contributed by atoms with Gasteiger partial charge in [-0.2, -0.15) is 0 Å². The van der Waals surface area contributed by atoms with Gasteiger partial charge in [0.15, 0.2) is 6.10 Å². The normalized spacial score (nSPS) is 21.9. The highest BCUT2D eigenvalue weighted by atomic mass is 16.8. The van der Waals surface area contributed by atoms with E-state index in [2.05, 4.69) is 4.74 Å². The van der Waals surface area contributed by atoms with Crippen molar-refractivity contribution in [3.05, 3.63) is 0 Å². The Kier molecular flexibility index (Phi) is 3.71. The predicted molar refractivity (Wildman–Crippen MR) is 48.0 cm³/mol. The van der Waals surface area contributed by atoms with Crippen LogP contribution in [0.25, 0.3) is 0 Å². The summed E-state index contributed by atoms with van der Waals surface area (Å²) in [6.07, 6.45) is -0.409. The Morgan fingerprint density at radius 3 is 2.86 bits per heavy atom. The molecule has 1 atom stereocenters. The molecule has 0 aromatic heterocycles. The number of aliphatic hydroxyl groups is 1. The quantitative estimate of drug-likeness (QED) is 0.668. The predicted octanol–water partition coefficient (Wildman–Crippen LogP) is 0.699. The third-order valence-electron chi connectivity index (χ3n) is 2.02. The molecule has 5 nitrogen and oxygen atoms in total. The lowest BCUT2D eigenvalue weighted by Gasteiger charge is -2.25. The van der Waals surface area contributed by atoms with Gasteiger partial charge < -0.3 is 19.3 Å². The highest BCUT2D eigenvalue weighted by Crippen LogP contribution is 2.16. The summed E-state index contributed by atoms with van der Waals surface area (Å²) < 4.78 is 14.9. The summed E-state index contributed by atoms with van der Waals surface area (Å²) in [5.74, 6) is 0. The first-order chi connectivity index (χ1) is 6.53. The topological polar surface area (TPSA) is 65.0 Å². The highest BCUT2D eigenvalue weighted by Gasteiger charge is 2.28. The van der Waals surface area contributed by atoms with Gasteiger partial charge in [0.1, 0.15) is 6.61 Å². The number of ether oxygens (including phenoxy) is 3. The van der Waals surface area contributed by atoms with E-state index in [4.69, 9.17) is 14.6 Å². The average Bonchev–Trinajstić information content (AvgIpc) is 2.48. The first-order valence-electron chi connectivity index (χ1n) is 4.62. The Morgan fingerprint density at radius 2 is 2.36 bits per heavy atom. The number of hydrogen-bond acceptors (Lipinski definition) is 5. The number of hydrogen-bond donors (Lipinski definition) is 1. The first-order valence-corrected chi connectivity index (χ1v) is 4.62. The number of carbonyl (C=O) groups is 1. The second kappa shape index (κ2) is 4.61. The van der Waals surface area contributed by atoms with E-state index >= 15 is 0 Å². The van der Waals surface area contributed by atoms with E-state index in [-0.39, 0.29) is 19.3 Å².